The van der Waals surface area contributed by atoms with Crippen molar-refractivity contribution in [2.45, 2.75) is 390 Å². The average Bonchev–Trinajstić information content (AvgIpc) is 1.53. The number of aliphatic hydroxyl groups is 10. The van der Waals surface area contributed by atoms with E-state index < -0.39 is 104 Å². The lowest BCUT2D eigenvalue weighted by Crippen LogP contribution is -2.58. The van der Waals surface area contributed by atoms with Crippen molar-refractivity contribution in [3.63, 3.8) is 0 Å². The highest BCUT2D eigenvalue weighted by molar-refractivity contribution is 5.81. The largest absolute Gasteiger partial charge is 0.394 e. The van der Waals surface area contributed by atoms with Gasteiger partial charge in [0.25, 0.3) is 0 Å². The molecule has 0 aliphatic carbocycles. The third kappa shape index (κ3) is 41.2. The molecule has 28 heteroatoms. The van der Waals surface area contributed by atoms with Crippen molar-refractivity contribution in [2.24, 2.45) is 23.2 Å². The summed E-state index contributed by atoms with van der Waals surface area (Å²) in [5, 5.41) is 104. The summed E-state index contributed by atoms with van der Waals surface area (Å²) in [6, 6.07) is 0.0541. The smallest absolute Gasteiger partial charge is 0.222 e. The number of rotatable bonds is 66. The van der Waals surface area contributed by atoms with E-state index in [1.54, 1.807) is 13.8 Å². The highest BCUT2D eigenvalue weighted by atomic mass is 16.7. The van der Waals surface area contributed by atoms with E-state index in [0.717, 1.165) is 57.8 Å². The quantitative estimate of drug-likeness (QED) is 0.0258. The van der Waals surface area contributed by atoms with Crippen LogP contribution in [-0.4, -0.2) is 273 Å². The molecule has 2 amide bonds. The molecular formula is C85H150N2O26. The van der Waals surface area contributed by atoms with E-state index >= 15 is 0 Å². The molecule has 0 aromatic heterocycles. The van der Waals surface area contributed by atoms with Gasteiger partial charge in [0.05, 0.1) is 90.0 Å². The number of ether oxygens (including phenoxy) is 8. The molecule has 15 unspecified atom stereocenters. The lowest BCUT2D eigenvalue weighted by atomic mass is 9.86. The Morgan fingerprint density at radius 3 is 1.09 bits per heavy atom. The summed E-state index contributed by atoms with van der Waals surface area (Å²) >= 11 is 0. The molecule has 656 valence electrons. The van der Waals surface area contributed by atoms with E-state index in [-0.39, 0.29) is 168 Å². The summed E-state index contributed by atoms with van der Waals surface area (Å²) < 4.78 is 47.3. The standard InChI is InChI=1S/C85H150N2O26/c1-59-70(111-71(53-88)79(103)76(59)100)38-22-14-21-32-63(91)29-15-11-18-33-66(94)42-48-106-56-85(86-74(98)39-23-9-7-8-10-24-40-75(99)87-52-69(97)51-62(87)41-45-84(4,5)6,57-107-49-43-67(95)34-19-12-16-30-64(92)36-25-27-46-109-82-60(2)77(101)80(104)72(54-89)112-82)58-108-50-44-68(96)35-20-13-17-31-65(93)37-26-28-47-110-83-61(3)78(102)81(105)73(55-90)113-83/h59-62,69-73,76-83,88-90,97,100-105H,7-58H2,1-6H3,(H,86,98)/t59?,60?,61?,62-,69-,70?,71?,72?,73?,76?,77?,78?,79?,80?,81?,82?,83?,85?/m1/s1. The highest BCUT2D eigenvalue weighted by Gasteiger charge is 2.45. The molecule has 0 radical (unpaired) electrons. The molecule has 17 atom stereocenters. The number of carbonyl (C=O) groups is 8. The molecule has 0 saturated carbocycles. The third-order valence-electron chi connectivity index (χ3n) is 22.8. The number of carbonyl (C=O) groups excluding carboxylic acids is 8. The number of nitrogens with one attached hydrogen (secondary N) is 1. The minimum Gasteiger partial charge on any atom is -0.394 e. The molecule has 0 aromatic rings. The van der Waals surface area contributed by atoms with Gasteiger partial charge < -0.3 is 99.2 Å². The van der Waals surface area contributed by atoms with Gasteiger partial charge in [-0.05, 0) is 115 Å². The number of aliphatic hydroxyl groups excluding tert-OH is 10. The fourth-order valence-corrected chi connectivity index (χ4v) is 15.2. The third-order valence-corrected chi connectivity index (χ3v) is 22.8. The first-order chi connectivity index (χ1) is 54.0. The molecule has 0 bridgehead atoms. The van der Waals surface area contributed by atoms with Crippen molar-refractivity contribution in [2.75, 3.05) is 79.2 Å². The van der Waals surface area contributed by atoms with E-state index in [1.807, 2.05) is 11.8 Å². The Morgan fingerprint density at radius 1 is 0.372 bits per heavy atom. The molecule has 4 saturated heterocycles. The second-order valence-electron chi connectivity index (χ2n) is 34.1. The number of amides is 2. The van der Waals surface area contributed by atoms with Crippen molar-refractivity contribution < 1.29 is 127 Å². The van der Waals surface area contributed by atoms with Crippen LogP contribution < -0.4 is 5.32 Å². The molecule has 4 fully saturated rings. The van der Waals surface area contributed by atoms with Crippen LogP contribution in [0, 0.1) is 23.2 Å². The Kier molecular flexibility index (Phi) is 51.6. The fourth-order valence-electron chi connectivity index (χ4n) is 15.2. The summed E-state index contributed by atoms with van der Waals surface area (Å²) in [5.74, 6) is -1.25. The Labute approximate surface area is 673 Å². The maximum absolute atomic E-state index is 14.1. The van der Waals surface area contributed by atoms with Crippen molar-refractivity contribution >= 4 is 46.5 Å². The van der Waals surface area contributed by atoms with Crippen molar-refractivity contribution in [3.8, 4) is 0 Å². The minimum absolute atomic E-state index is 0.0196. The topological polar surface area (TPSA) is 428 Å². The lowest BCUT2D eigenvalue weighted by Gasteiger charge is -2.41. The highest BCUT2D eigenvalue weighted by Crippen LogP contribution is 2.33. The molecule has 0 spiro atoms. The molecule has 4 aliphatic rings. The van der Waals surface area contributed by atoms with Gasteiger partial charge in [0.15, 0.2) is 12.6 Å². The Morgan fingerprint density at radius 2 is 0.699 bits per heavy atom. The number of hydrogen-bond donors (Lipinski definition) is 11. The van der Waals surface area contributed by atoms with E-state index in [2.05, 4.69) is 26.1 Å². The van der Waals surface area contributed by atoms with E-state index in [0.29, 0.717) is 167 Å². The van der Waals surface area contributed by atoms with Gasteiger partial charge in [0.2, 0.25) is 11.8 Å². The lowest BCUT2D eigenvalue weighted by molar-refractivity contribution is -0.282. The van der Waals surface area contributed by atoms with Crippen LogP contribution in [0.25, 0.3) is 0 Å². The number of nitrogens with zero attached hydrogens (tertiary/aromatic N) is 1. The zero-order valence-corrected chi connectivity index (χ0v) is 69.5. The van der Waals surface area contributed by atoms with Crippen molar-refractivity contribution in [1.82, 2.24) is 10.2 Å². The normalized spacial score (nSPS) is 26.7. The average molecular weight is 1620 g/mol. The van der Waals surface area contributed by atoms with Crippen LogP contribution in [0.3, 0.4) is 0 Å². The first kappa shape index (κ1) is 102. The zero-order chi connectivity index (χ0) is 83.1. The summed E-state index contributed by atoms with van der Waals surface area (Å²) in [6.45, 7) is 11.1. The maximum Gasteiger partial charge on any atom is 0.222 e. The number of likely N-dealkylation sites (tertiary alicyclic amines) is 1. The van der Waals surface area contributed by atoms with E-state index in [9.17, 15) is 89.4 Å². The van der Waals surface area contributed by atoms with Crippen LogP contribution in [0.4, 0.5) is 0 Å². The monoisotopic (exact) mass is 1620 g/mol. The molecule has 11 N–H and O–H groups in total. The summed E-state index contributed by atoms with van der Waals surface area (Å²) in [7, 11) is 0. The molecule has 28 nitrogen and oxygen atoms in total. The summed E-state index contributed by atoms with van der Waals surface area (Å²) in [4.78, 5) is 107. The van der Waals surface area contributed by atoms with Gasteiger partial charge in [-0.1, -0.05) is 99.3 Å². The summed E-state index contributed by atoms with van der Waals surface area (Å²) in [6.07, 6.45) is 10.2. The van der Waals surface area contributed by atoms with Crippen LogP contribution in [0.2, 0.25) is 0 Å². The van der Waals surface area contributed by atoms with Gasteiger partial charge in [-0.15, -0.1) is 0 Å². The number of Topliss-reactive ketones (excluding diaryl/α,β-unsaturated/α-hetero) is 6. The summed E-state index contributed by atoms with van der Waals surface area (Å²) in [5.41, 5.74) is -1.17. The molecular weight excluding hydrogens is 1460 g/mol. The molecule has 4 heterocycles. The number of hydrogen-bond acceptors (Lipinski definition) is 26. The number of ketones is 6. The van der Waals surface area contributed by atoms with Crippen LogP contribution in [0.15, 0.2) is 0 Å². The second-order valence-corrected chi connectivity index (χ2v) is 34.1. The van der Waals surface area contributed by atoms with Crippen LogP contribution in [0.1, 0.15) is 298 Å². The fraction of sp³-hybridized carbons (Fsp3) is 0.906. The Bertz CT molecular complexity index is 2450. The first-order valence-corrected chi connectivity index (χ1v) is 43.2. The molecule has 4 aliphatic heterocycles. The van der Waals surface area contributed by atoms with E-state index in [4.69, 9.17) is 37.9 Å². The molecule has 113 heavy (non-hydrogen) atoms. The van der Waals surface area contributed by atoms with Gasteiger partial charge >= 0.3 is 0 Å². The predicted octanol–water partition coefficient (Wildman–Crippen LogP) is 7.83. The van der Waals surface area contributed by atoms with Gasteiger partial charge in [0, 0.05) is 133 Å². The van der Waals surface area contributed by atoms with Gasteiger partial charge in [-0.3, -0.25) is 38.4 Å². The van der Waals surface area contributed by atoms with Gasteiger partial charge in [-0.25, -0.2) is 0 Å². The molecule has 0 aromatic carbocycles. The zero-order valence-electron chi connectivity index (χ0n) is 69.5. The maximum atomic E-state index is 14.1. The van der Waals surface area contributed by atoms with Crippen LogP contribution >= 0.6 is 0 Å². The Hall–Kier alpha value is -3.76. The van der Waals surface area contributed by atoms with Crippen LogP contribution in [-0.2, 0) is 76.3 Å². The van der Waals surface area contributed by atoms with Gasteiger partial charge in [0.1, 0.15) is 76.9 Å². The minimum atomic E-state index is -1.30. The second kappa shape index (κ2) is 57.4. The Balaban J connectivity index is 1.28. The SMILES string of the molecule is CC1C(CCCCCC(=O)CCCCCC(=O)CCOCC(COCCC(=O)CCCCCC(=O)CCCCOC2OC(CO)C(O)C(O)C2C)(COCCC(=O)CCCCCC(=O)CCCCOC2OC(CO)C(O)C(O)C2C)NC(=O)CCCCCCCCC(=O)N2C[C@H](O)C[C@H]2CCC(C)(C)C)OC(CO)C(O)C1O. The van der Waals surface area contributed by atoms with E-state index in [1.165, 1.54) is 0 Å². The van der Waals surface area contributed by atoms with Gasteiger partial charge in [-0.2, -0.15) is 0 Å². The first-order valence-electron chi connectivity index (χ1n) is 43.2. The molecule has 4 rings (SSSR count). The predicted molar refractivity (Wildman–Crippen MR) is 422 cm³/mol. The number of β-amino-alcohol motifs (C(OH)–C–C–N with tert-alkyl or cyclic N) is 1. The van der Waals surface area contributed by atoms with Crippen molar-refractivity contribution in [1.29, 1.82) is 0 Å². The van der Waals surface area contributed by atoms with Crippen molar-refractivity contribution in [3.05, 3.63) is 0 Å². The van der Waals surface area contributed by atoms with Crippen LogP contribution in [0.5, 0.6) is 0 Å². The number of unbranched alkanes of at least 4 members (excludes halogenated alkanes) is 15.